The number of hydrogen-bond acceptors (Lipinski definition) is 6. The number of halogens is 1. The third kappa shape index (κ3) is 5.27. The monoisotopic (exact) mass is 535 g/mol. The number of ether oxygens (including phenoxy) is 1. The van der Waals surface area contributed by atoms with E-state index in [0.29, 0.717) is 61.6 Å². The molecule has 1 aromatic carbocycles. The Morgan fingerprint density at radius 3 is 2.31 bits per heavy atom. The molecule has 3 fully saturated rings. The van der Waals surface area contributed by atoms with Gasteiger partial charge in [0.1, 0.15) is 5.69 Å². The first-order valence-electron chi connectivity index (χ1n) is 12.9. The molecule has 11 heteroatoms. The number of piperidine rings is 1. The van der Waals surface area contributed by atoms with E-state index in [0.717, 1.165) is 38.5 Å². The third-order valence-electron chi connectivity index (χ3n) is 7.53. The molecular formula is C25H34ClN5O4S. The Hall–Kier alpha value is -2.14. The normalized spacial score (nSPS) is 21.2. The molecule has 0 bridgehead atoms. The lowest BCUT2D eigenvalue weighted by atomic mass is 10.0. The van der Waals surface area contributed by atoms with Crippen LogP contribution in [-0.4, -0.2) is 72.2 Å². The zero-order valence-corrected chi connectivity index (χ0v) is 22.3. The Bertz CT molecular complexity index is 1230. The van der Waals surface area contributed by atoms with Crippen LogP contribution in [0.15, 0.2) is 35.3 Å². The van der Waals surface area contributed by atoms with Crippen LogP contribution in [0.4, 0.5) is 5.69 Å². The van der Waals surface area contributed by atoms with E-state index in [4.69, 9.17) is 16.3 Å². The molecule has 0 atom stereocenters. The van der Waals surface area contributed by atoms with Crippen LogP contribution in [-0.2, 0) is 10.2 Å². The van der Waals surface area contributed by atoms with Gasteiger partial charge in [-0.1, -0.05) is 24.6 Å². The molecule has 1 aliphatic carbocycles. The van der Waals surface area contributed by atoms with Gasteiger partial charge >= 0.3 is 5.56 Å². The molecule has 36 heavy (non-hydrogen) atoms. The van der Waals surface area contributed by atoms with Gasteiger partial charge in [-0.3, -0.25) is 4.79 Å². The van der Waals surface area contributed by atoms with Crippen molar-refractivity contribution in [2.24, 2.45) is 5.92 Å². The van der Waals surface area contributed by atoms with Crippen molar-refractivity contribution in [1.29, 1.82) is 0 Å². The van der Waals surface area contributed by atoms with Gasteiger partial charge in [0.05, 0.1) is 18.0 Å². The molecule has 0 spiro atoms. The van der Waals surface area contributed by atoms with Crippen LogP contribution in [0.1, 0.15) is 45.4 Å². The number of aromatic nitrogens is 2. The molecule has 2 aromatic rings. The van der Waals surface area contributed by atoms with Gasteiger partial charge in [-0.25, -0.2) is 0 Å². The topological polar surface area (TPSA) is 88.0 Å². The molecule has 0 radical (unpaired) electrons. The third-order valence-corrected chi connectivity index (χ3v) is 9.80. The Labute approximate surface area is 217 Å². The van der Waals surface area contributed by atoms with E-state index in [9.17, 15) is 13.2 Å². The van der Waals surface area contributed by atoms with Gasteiger partial charge in [-0.2, -0.15) is 26.8 Å². The van der Waals surface area contributed by atoms with Crippen molar-refractivity contribution in [3.05, 3.63) is 45.8 Å². The summed E-state index contributed by atoms with van der Waals surface area (Å²) in [6, 6.07) is 7.00. The van der Waals surface area contributed by atoms with Crippen LogP contribution in [0.5, 0.6) is 5.75 Å². The van der Waals surface area contributed by atoms with E-state index in [2.05, 4.69) is 12.0 Å². The number of piperazine rings is 1. The zero-order chi connectivity index (χ0) is 25.3. The van der Waals surface area contributed by atoms with E-state index >= 15 is 0 Å². The summed E-state index contributed by atoms with van der Waals surface area (Å²) in [5, 5.41) is 4.95. The molecular weight excluding hydrogens is 502 g/mol. The summed E-state index contributed by atoms with van der Waals surface area (Å²) in [6.45, 7) is 4.97. The number of hydrogen-bond donors (Lipinski definition) is 0. The van der Waals surface area contributed by atoms with Crippen LogP contribution in [0.3, 0.4) is 0 Å². The number of nitrogens with zero attached hydrogens (tertiary/aromatic N) is 5. The summed E-state index contributed by atoms with van der Waals surface area (Å²) in [4.78, 5) is 15.6. The molecule has 1 aromatic heterocycles. The highest BCUT2D eigenvalue weighted by atomic mass is 35.5. The fourth-order valence-corrected chi connectivity index (χ4v) is 7.08. The van der Waals surface area contributed by atoms with Crippen molar-refractivity contribution in [2.45, 2.75) is 51.6 Å². The van der Waals surface area contributed by atoms with Gasteiger partial charge in [0.2, 0.25) is 5.75 Å². The molecule has 3 heterocycles. The van der Waals surface area contributed by atoms with Crippen molar-refractivity contribution in [1.82, 2.24) is 18.4 Å². The summed E-state index contributed by atoms with van der Waals surface area (Å²) in [6.07, 6.45) is 7.44. The SMILES string of the molecule is CC1CCN(S(=O)(=O)N2CCN(c3cnn(-c4cccc(Cl)c4)c(=O)c3OC3CCCC3)CC2)CC1. The van der Waals surface area contributed by atoms with Gasteiger partial charge < -0.3 is 9.64 Å². The second-order valence-corrected chi connectivity index (χ2v) is 12.4. The summed E-state index contributed by atoms with van der Waals surface area (Å²) >= 11 is 6.15. The summed E-state index contributed by atoms with van der Waals surface area (Å²) in [7, 11) is -3.48. The highest BCUT2D eigenvalue weighted by molar-refractivity contribution is 7.86. The maximum atomic E-state index is 13.6. The number of rotatable bonds is 6. The highest BCUT2D eigenvalue weighted by Gasteiger charge is 2.35. The molecule has 2 aliphatic heterocycles. The summed E-state index contributed by atoms with van der Waals surface area (Å²) in [5.41, 5.74) is 0.857. The van der Waals surface area contributed by atoms with E-state index < -0.39 is 10.2 Å². The minimum absolute atomic E-state index is 0.00480. The van der Waals surface area contributed by atoms with E-state index in [-0.39, 0.29) is 17.4 Å². The van der Waals surface area contributed by atoms with E-state index in [1.165, 1.54) is 4.68 Å². The average Bonchev–Trinajstić information content (AvgIpc) is 3.39. The largest absolute Gasteiger partial charge is 0.483 e. The zero-order valence-electron chi connectivity index (χ0n) is 20.7. The number of anilines is 1. The first kappa shape index (κ1) is 25.5. The molecule has 5 rings (SSSR count). The molecule has 1 saturated carbocycles. The predicted octanol–water partition coefficient (Wildman–Crippen LogP) is 3.31. The van der Waals surface area contributed by atoms with Crippen molar-refractivity contribution < 1.29 is 13.2 Å². The predicted molar refractivity (Wildman–Crippen MR) is 140 cm³/mol. The number of benzene rings is 1. The van der Waals surface area contributed by atoms with Crippen molar-refractivity contribution in [3.63, 3.8) is 0 Å². The van der Waals surface area contributed by atoms with Gasteiger partial charge in [-0.05, 0) is 62.6 Å². The van der Waals surface area contributed by atoms with Gasteiger partial charge in [0, 0.05) is 44.3 Å². The lowest BCUT2D eigenvalue weighted by Gasteiger charge is -2.39. The molecule has 0 N–H and O–H groups in total. The molecule has 0 amide bonds. The molecule has 0 unspecified atom stereocenters. The first-order chi connectivity index (χ1) is 17.3. The van der Waals surface area contributed by atoms with Crippen LogP contribution in [0, 0.1) is 5.92 Å². The first-order valence-corrected chi connectivity index (χ1v) is 14.7. The van der Waals surface area contributed by atoms with Crippen molar-refractivity contribution in [3.8, 4) is 11.4 Å². The fraction of sp³-hybridized carbons (Fsp3) is 0.600. The maximum Gasteiger partial charge on any atom is 0.316 e. The molecule has 2 saturated heterocycles. The lowest BCUT2D eigenvalue weighted by Crippen LogP contribution is -2.54. The van der Waals surface area contributed by atoms with Crippen LogP contribution >= 0.6 is 11.6 Å². The Morgan fingerprint density at radius 2 is 1.64 bits per heavy atom. The van der Waals surface area contributed by atoms with Crippen LogP contribution in [0.25, 0.3) is 5.69 Å². The van der Waals surface area contributed by atoms with Crippen LogP contribution < -0.4 is 15.2 Å². The minimum Gasteiger partial charge on any atom is -0.483 e. The highest BCUT2D eigenvalue weighted by Crippen LogP contribution is 2.31. The van der Waals surface area contributed by atoms with Gasteiger partial charge in [0.25, 0.3) is 10.2 Å². The maximum absolute atomic E-state index is 13.6. The smallest absolute Gasteiger partial charge is 0.316 e. The second-order valence-electron chi connectivity index (χ2n) is 10.1. The Kier molecular flexibility index (Phi) is 7.57. The summed E-state index contributed by atoms with van der Waals surface area (Å²) in [5.74, 6) is 0.839. The van der Waals surface area contributed by atoms with Crippen LogP contribution in [0.2, 0.25) is 5.02 Å². The lowest BCUT2D eigenvalue weighted by molar-refractivity contribution is 0.205. The fourth-order valence-electron chi connectivity index (χ4n) is 5.27. The van der Waals surface area contributed by atoms with Gasteiger partial charge in [-0.15, -0.1) is 0 Å². The summed E-state index contributed by atoms with van der Waals surface area (Å²) < 4.78 is 37.2. The molecule has 196 valence electrons. The molecule has 9 nitrogen and oxygen atoms in total. The van der Waals surface area contributed by atoms with Crippen molar-refractivity contribution >= 4 is 27.5 Å². The standard InChI is InChI=1S/C25H34ClN5O4S/c1-19-9-11-29(12-10-19)36(33,34)30-15-13-28(14-16-30)23-18-27-31(21-6-4-5-20(26)17-21)25(32)24(23)35-22-7-2-3-8-22/h4-6,17-19,22H,2-3,7-16H2,1H3. The van der Waals surface area contributed by atoms with Crippen molar-refractivity contribution in [2.75, 3.05) is 44.2 Å². The second kappa shape index (κ2) is 10.7. The van der Waals surface area contributed by atoms with E-state index in [1.54, 1.807) is 39.1 Å². The van der Waals surface area contributed by atoms with E-state index in [1.807, 2.05) is 4.90 Å². The minimum atomic E-state index is -3.48. The Balaban J connectivity index is 1.38. The van der Waals surface area contributed by atoms with Gasteiger partial charge in [0.15, 0.2) is 0 Å². The molecule has 3 aliphatic rings. The quantitative estimate of drug-likeness (QED) is 0.564. The average molecular weight is 536 g/mol. The Morgan fingerprint density at radius 1 is 0.972 bits per heavy atom.